The van der Waals surface area contributed by atoms with Crippen LogP contribution in [0.25, 0.3) is 10.8 Å². The number of hydrogen-bond donors (Lipinski definition) is 2. The standard InChI is InChI=1S/C17H19N3O3/c21-10-11-6-19(7-11)14-2-1-12-8-20(9-13(12)5-14)15-3-4-16(22)18-17(15)23/h1-2,5,8-9,11,15,21H,3-4,6-7,10H2,(H,18,22,23). The first-order chi connectivity index (χ1) is 11.1. The normalized spacial score (nSPS) is 22.3. The summed E-state index contributed by atoms with van der Waals surface area (Å²) in [4.78, 5) is 25.5. The number of carbonyl (C=O) groups excluding carboxylic acids is 2. The fourth-order valence-corrected chi connectivity index (χ4v) is 3.39. The number of rotatable bonds is 3. The smallest absolute Gasteiger partial charge is 0.249 e. The summed E-state index contributed by atoms with van der Waals surface area (Å²) in [6.07, 6.45) is 4.86. The fraction of sp³-hybridized carbons (Fsp3) is 0.412. The molecular weight excluding hydrogens is 294 g/mol. The predicted octanol–water partition coefficient (Wildman–Crippen LogP) is 1.05. The summed E-state index contributed by atoms with van der Waals surface area (Å²) >= 11 is 0. The number of anilines is 1. The van der Waals surface area contributed by atoms with Crippen LogP contribution in [0.3, 0.4) is 0 Å². The van der Waals surface area contributed by atoms with E-state index in [1.165, 1.54) is 0 Å². The third kappa shape index (κ3) is 2.49. The molecule has 4 rings (SSSR count). The lowest BCUT2D eigenvalue weighted by Crippen LogP contribution is -2.48. The summed E-state index contributed by atoms with van der Waals surface area (Å²) in [5.41, 5.74) is 1.14. The van der Waals surface area contributed by atoms with Gasteiger partial charge in [-0.3, -0.25) is 14.9 Å². The summed E-state index contributed by atoms with van der Waals surface area (Å²) in [5, 5.41) is 13.7. The monoisotopic (exact) mass is 313 g/mol. The molecular formula is C17H19N3O3. The molecule has 1 unspecified atom stereocenters. The van der Waals surface area contributed by atoms with Crippen molar-refractivity contribution in [3.05, 3.63) is 30.6 Å². The Morgan fingerprint density at radius 2 is 1.96 bits per heavy atom. The number of nitrogens with zero attached hydrogens (tertiary/aromatic N) is 2. The maximum absolute atomic E-state index is 12.0. The number of fused-ring (bicyclic) bond motifs is 1. The molecule has 2 aromatic rings. The van der Waals surface area contributed by atoms with Gasteiger partial charge >= 0.3 is 0 Å². The molecule has 3 heterocycles. The van der Waals surface area contributed by atoms with E-state index in [4.69, 9.17) is 5.11 Å². The maximum atomic E-state index is 12.0. The Kier molecular flexibility index (Phi) is 3.34. The summed E-state index contributed by atoms with van der Waals surface area (Å²) in [5.74, 6) is -0.0458. The molecule has 6 heteroatoms. The number of imide groups is 1. The number of hydrogen-bond acceptors (Lipinski definition) is 4. The topological polar surface area (TPSA) is 74.6 Å². The molecule has 6 nitrogen and oxygen atoms in total. The zero-order valence-electron chi connectivity index (χ0n) is 12.7. The van der Waals surface area contributed by atoms with Gasteiger partial charge in [-0.05, 0) is 23.9 Å². The molecule has 2 N–H and O–H groups in total. The average molecular weight is 313 g/mol. The number of benzene rings is 1. The average Bonchev–Trinajstić information content (AvgIpc) is 2.89. The molecule has 2 aliphatic rings. The molecule has 2 saturated heterocycles. The van der Waals surface area contributed by atoms with E-state index in [1.807, 2.05) is 17.0 Å². The Morgan fingerprint density at radius 3 is 2.70 bits per heavy atom. The van der Waals surface area contributed by atoms with Crippen molar-refractivity contribution in [2.45, 2.75) is 18.9 Å². The van der Waals surface area contributed by atoms with Crippen LogP contribution in [0, 0.1) is 5.92 Å². The predicted molar refractivity (Wildman–Crippen MR) is 86.1 cm³/mol. The molecule has 1 aromatic heterocycles. The van der Waals surface area contributed by atoms with Crippen LogP contribution in [0.5, 0.6) is 0 Å². The molecule has 23 heavy (non-hydrogen) atoms. The molecule has 2 amide bonds. The van der Waals surface area contributed by atoms with Crippen molar-refractivity contribution < 1.29 is 14.7 Å². The highest BCUT2D eigenvalue weighted by atomic mass is 16.3. The van der Waals surface area contributed by atoms with E-state index < -0.39 is 0 Å². The Bertz CT molecular complexity index is 776. The largest absolute Gasteiger partial charge is 0.396 e. The molecule has 2 fully saturated rings. The lowest BCUT2D eigenvalue weighted by Gasteiger charge is -2.40. The van der Waals surface area contributed by atoms with Gasteiger partial charge in [0.25, 0.3) is 0 Å². The van der Waals surface area contributed by atoms with Gasteiger partial charge in [0.2, 0.25) is 11.8 Å². The van der Waals surface area contributed by atoms with E-state index in [9.17, 15) is 9.59 Å². The molecule has 0 radical (unpaired) electrons. The number of aromatic nitrogens is 1. The minimum Gasteiger partial charge on any atom is -0.396 e. The molecule has 120 valence electrons. The van der Waals surface area contributed by atoms with Crippen LogP contribution in [-0.2, 0) is 9.59 Å². The van der Waals surface area contributed by atoms with E-state index in [0.717, 1.165) is 29.5 Å². The van der Waals surface area contributed by atoms with Crippen LogP contribution in [0.2, 0.25) is 0 Å². The van der Waals surface area contributed by atoms with E-state index in [2.05, 4.69) is 28.4 Å². The first-order valence-corrected chi connectivity index (χ1v) is 7.95. The van der Waals surface area contributed by atoms with Crippen molar-refractivity contribution in [2.75, 3.05) is 24.6 Å². The van der Waals surface area contributed by atoms with E-state index in [1.54, 1.807) is 0 Å². The number of aliphatic hydroxyl groups excluding tert-OH is 1. The highest BCUT2D eigenvalue weighted by Gasteiger charge is 2.28. The van der Waals surface area contributed by atoms with Crippen LogP contribution in [0.15, 0.2) is 30.6 Å². The summed E-state index contributed by atoms with van der Waals surface area (Å²) in [6.45, 7) is 2.01. The van der Waals surface area contributed by atoms with Crippen LogP contribution >= 0.6 is 0 Å². The second kappa shape index (κ2) is 5.38. The molecule has 0 saturated carbocycles. The van der Waals surface area contributed by atoms with Gasteiger partial charge in [0.1, 0.15) is 6.04 Å². The summed E-state index contributed by atoms with van der Waals surface area (Å²) in [6, 6.07) is 5.93. The minimum atomic E-state index is -0.314. The third-order valence-electron chi connectivity index (χ3n) is 4.80. The van der Waals surface area contributed by atoms with E-state index in [0.29, 0.717) is 18.8 Å². The van der Waals surface area contributed by atoms with Crippen molar-refractivity contribution >= 4 is 28.3 Å². The number of carbonyl (C=O) groups is 2. The van der Waals surface area contributed by atoms with Crippen molar-refractivity contribution in [3.8, 4) is 0 Å². The fourth-order valence-electron chi connectivity index (χ4n) is 3.39. The van der Waals surface area contributed by atoms with Crippen LogP contribution < -0.4 is 10.2 Å². The van der Waals surface area contributed by atoms with Gasteiger partial charge in [0, 0.05) is 55.5 Å². The highest BCUT2D eigenvalue weighted by Crippen LogP contribution is 2.30. The lowest BCUT2D eigenvalue weighted by atomic mass is 10.00. The molecule has 0 bridgehead atoms. The second-order valence-electron chi connectivity index (χ2n) is 6.44. The molecule has 1 atom stereocenters. The summed E-state index contributed by atoms with van der Waals surface area (Å²) < 4.78 is 1.91. The number of amides is 2. The zero-order valence-corrected chi connectivity index (χ0v) is 12.7. The van der Waals surface area contributed by atoms with Crippen LogP contribution in [0.1, 0.15) is 18.9 Å². The quantitative estimate of drug-likeness (QED) is 0.831. The maximum Gasteiger partial charge on any atom is 0.249 e. The number of aliphatic hydroxyl groups is 1. The van der Waals surface area contributed by atoms with Crippen molar-refractivity contribution in [1.29, 1.82) is 0 Å². The Hall–Kier alpha value is -2.34. The van der Waals surface area contributed by atoms with E-state index >= 15 is 0 Å². The molecule has 0 spiro atoms. The Labute approximate surface area is 133 Å². The van der Waals surface area contributed by atoms with Gasteiger partial charge in [-0.15, -0.1) is 0 Å². The van der Waals surface area contributed by atoms with Crippen molar-refractivity contribution in [1.82, 2.24) is 9.88 Å². The van der Waals surface area contributed by atoms with Gasteiger partial charge in [0.15, 0.2) is 0 Å². The number of nitrogens with one attached hydrogen (secondary N) is 1. The molecule has 1 aromatic carbocycles. The van der Waals surface area contributed by atoms with Gasteiger partial charge in [-0.1, -0.05) is 6.07 Å². The van der Waals surface area contributed by atoms with Crippen molar-refractivity contribution in [3.63, 3.8) is 0 Å². The van der Waals surface area contributed by atoms with Gasteiger partial charge in [-0.25, -0.2) is 0 Å². The third-order valence-corrected chi connectivity index (χ3v) is 4.80. The SMILES string of the molecule is O=C1CCC(n2cc3ccc(N4CC(CO)C4)cc3c2)C(=O)N1. The van der Waals surface area contributed by atoms with Crippen LogP contribution in [-0.4, -0.2) is 41.2 Å². The van der Waals surface area contributed by atoms with Crippen LogP contribution in [0.4, 0.5) is 5.69 Å². The Morgan fingerprint density at radius 1 is 1.17 bits per heavy atom. The Balaban J connectivity index is 1.58. The zero-order chi connectivity index (χ0) is 16.0. The highest BCUT2D eigenvalue weighted by molar-refractivity contribution is 5.99. The van der Waals surface area contributed by atoms with Gasteiger partial charge < -0.3 is 14.6 Å². The summed E-state index contributed by atoms with van der Waals surface area (Å²) in [7, 11) is 0. The van der Waals surface area contributed by atoms with Gasteiger partial charge in [-0.2, -0.15) is 0 Å². The van der Waals surface area contributed by atoms with Gasteiger partial charge in [0.05, 0.1) is 0 Å². The van der Waals surface area contributed by atoms with E-state index in [-0.39, 0.29) is 24.5 Å². The molecule has 2 aliphatic heterocycles. The molecule has 0 aliphatic carbocycles. The first-order valence-electron chi connectivity index (χ1n) is 7.95. The second-order valence-corrected chi connectivity index (χ2v) is 6.44. The first kappa shape index (κ1) is 14.3. The van der Waals surface area contributed by atoms with Crippen molar-refractivity contribution in [2.24, 2.45) is 5.92 Å². The lowest BCUT2D eigenvalue weighted by molar-refractivity contribution is -0.135. The minimum absolute atomic E-state index is 0.193. The number of piperidine rings is 1.